The molecular formula is C36H62O6. The van der Waals surface area contributed by atoms with Crippen molar-refractivity contribution in [2.45, 2.75) is 157 Å². The minimum Gasteiger partial charge on any atom is -0.298 e. The van der Waals surface area contributed by atoms with Gasteiger partial charge in [-0.2, -0.15) is 9.78 Å². The van der Waals surface area contributed by atoms with Gasteiger partial charge in [-0.15, -0.1) is 0 Å². The van der Waals surface area contributed by atoms with Crippen LogP contribution < -0.4 is 0 Å². The molecule has 0 amide bonds. The number of carbonyl (C=O) groups is 2. The number of benzene rings is 1. The van der Waals surface area contributed by atoms with Gasteiger partial charge in [0.1, 0.15) is 13.2 Å². The average Bonchev–Trinajstić information content (AvgIpc) is 2.90. The molecule has 0 radical (unpaired) electrons. The first-order valence-electron chi connectivity index (χ1n) is 16.5. The lowest BCUT2D eigenvalue weighted by atomic mass is 9.89. The Hall–Kier alpha value is -1.92. The zero-order valence-corrected chi connectivity index (χ0v) is 28.2. The van der Waals surface area contributed by atoms with Crippen LogP contribution in [0.1, 0.15) is 168 Å². The zero-order valence-electron chi connectivity index (χ0n) is 28.2. The van der Waals surface area contributed by atoms with Gasteiger partial charge in [-0.05, 0) is 47.6 Å². The van der Waals surface area contributed by atoms with Crippen LogP contribution in [0.3, 0.4) is 0 Å². The van der Waals surface area contributed by atoms with Crippen LogP contribution in [0, 0.1) is 10.8 Å². The molecule has 0 spiro atoms. The monoisotopic (exact) mass is 590 g/mol. The van der Waals surface area contributed by atoms with Crippen LogP contribution in [0.2, 0.25) is 0 Å². The van der Waals surface area contributed by atoms with Crippen LogP contribution in [0.25, 0.3) is 0 Å². The van der Waals surface area contributed by atoms with Gasteiger partial charge in [0.25, 0.3) is 0 Å². The molecule has 0 saturated carbocycles. The number of carbonyl (C=O) groups excluding carboxylic acids is 2. The summed E-state index contributed by atoms with van der Waals surface area (Å²) in [6.45, 7) is 18.3. The van der Waals surface area contributed by atoms with Gasteiger partial charge in [-0.25, -0.2) is 9.59 Å². The van der Waals surface area contributed by atoms with Crippen LogP contribution in [0.5, 0.6) is 0 Å². The molecule has 242 valence electrons. The fourth-order valence-corrected chi connectivity index (χ4v) is 4.74. The standard InChI is InChI=1S/C36H62O6/c1-29(27-39-41-33(37)19-15-11-9-13-17-25-35(3,4)5)31-21-23-32(24-22-31)30(2)28-40-42-34(38)20-16-12-10-14-18-26-36(6,7)8/h21-24,29-30H,9-20,25-28H2,1-8H3. The second-order valence-electron chi connectivity index (χ2n) is 14.6. The third kappa shape index (κ3) is 20.9. The van der Waals surface area contributed by atoms with E-state index in [1.807, 2.05) is 13.8 Å². The van der Waals surface area contributed by atoms with Crippen molar-refractivity contribution in [1.82, 2.24) is 0 Å². The molecule has 0 aliphatic rings. The van der Waals surface area contributed by atoms with E-state index in [-0.39, 0.29) is 23.8 Å². The molecule has 0 saturated heterocycles. The number of rotatable bonds is 22. The van der Waals surface area contributed by atoms with Crippen molar-refractivity contribution in [2.24, 2.45) is 10.8 Å². The van der Waals surface area contributed by atoms with E-state index in [2.05, 4.69) is 65.8 Å². The molecule has 2 atom stereocenters. The predicted molar refractivity (Wildman–Crippen MR) is 171 cm³/mol. The Kier molecular flexibility index (Phi) is 19.0. The second-order valence-corrected chi connectivity index (χ2v) is 14.6. The molecule has 6 nitrogen and oxygen atoms in total. The van der Waals surface area contributed by atoms with Gasteiger partial charge in [0.15, 0.2) is 0 Å². The van der Waals surface area contributed by atoms with E-state index >= 15 is 0 Å². The third-order valence-electron chi connectivity index (χ3n) is 7.63. The smallest absolute Gasteiger partial charge is 0.298 e. The zero-order chi connectivity index (χ0) is 31.4. The summed E-state index contributed by atoms with van der Waals surface area (Å²) in [7, 11) is 0. The van der Waals surface area contributed by atoms with Crippen molar-refractivity contribution >= 4 is 11.9 Å². The molecule has 0 aliphatic heterocycles. The topological polar surface area (TPSA) is 71.1 Å². The summed E-state index contributed by atoms with van der Waals surface area (Å²) in [6.07, 6.45) is 14.3. The minimum absolute atomic E-state index is 0.0840. The molecule has 0 fully saturated rings. The predicted octanol–water partition coefficient (Wildman–Crippen LogP) is 10.4. The van der Waals surface area contributed by atoms with Crippen molar-refractivity contribution < 1.29 is 29.1 Å². The van der Waals surface area contributed by atoms with Crippen molar-refractivity contribution in [1.29, 1.82) is 0 Å². The molecule has 1 rings (SSSR count). The van der Waals surface area contributed by atoms with E-state index < -0.39 is 0 Å². The van der Waals surface area contributed by atoms with Gasteiger partial charge in [0.05, 0.1) is 0 Å². The molecule has 0 aromatic heterocycles. The summed E-state index contributed by atoms with van der Waals surface area (Å²) < 4.78 is 0. The number of unbranched alkanes of at least 4 members (excludes halogenated alkanes) is 8. The number of hydrogen-bond donors (Lipinski definition) is 0. The lowest BCUT2D eigenvalue weighted by Gasteiger charge is -2.17. The first-order valence-corrected chi connectivity index (χ1v) is 16.5. The van der Waals surface area contributed by atoms with Crippen molar-refractivity contribution in [2.75, 3.05) is 13.2 Å². The Morgan fingerprint density at radius 2 is 0.857 bits per heavy atom. The summed E-state index contributed by atoms with van der Waals surface area (Å²) in [6, 6.07) is 8.20. The first kappa shape index (κ1) is 38.1. The summed E-state index contributed by atoms with van der Waals surface area (Å²) in [5.74, 6) is -0.428. The second kappa shape index (κ2) is 20.9. The largest absolute Gasteiger partial charge is 0.342 e. The summed E-state index contributed by atoms with van der Waals surface area (Å²) in [4.78, 5) is 44.4. The maximum absolute atomic E-state index is 12.0. The van der Waals surface area contributed by atoms with Gasteiger partial charge in [0.2, 0.25) is 0 Å². The van der Waals surface area contributed by atoms with Crippen LogP contribution >= 0.6 is 0 Å². The summed E-state index contributed by atoms with van der Waals surface area (Å²) >= 11 is 0. The SMILES string of the molecule is CC(COOC(=O)CCCCCCCC(C)(C)C)c1ccc(C(C)COOC(=O)CCCCCCCC(C)(C)C)cc1. The summed E-state index contributed by atoms with van der Waals surface area (Å²) in [5.41, 5.74) is 3.00. The van der Waals surface area contributed by atoms with Crippen molar-refractivity contribution in [3.8, 4) is 0 Å². The Balaban J connectivity index is 2.14. The highest BCUT2D eigenvalue weighted by Crippen LogP contribution is 2.24. The Labute approximate surface area is 257 Å². The molecule has 6 heteroatoms. The van der Waals surface area contributed by atoms with Crippen molar-refractivity contribution in [3.63, 3.8) is 0 Å². The average molecular weight is 591 g/mol. The molecule has 0 N–H and O–H groups in total. The Morgan fingerprint density at radius 3 is 1.19 bits per heavy atom. The van der Waals surface area contributed by atoms with Crippen LogP contribution in [-0.4, -0.2) is 25.2 Å². The summed E-state index contributed by atoms with van der Waals surface area (Å²) in [5, 5.41) is 0. The normalized spacial score (nSPS) is 13.5. The quantitative estimate of drug-likeness (QED) is 0.0760. The number of hydrogen-bond acceptors (Lipinski definition) is 6. The molecule has 0 bridgehead atoms. The van der Waals surface area contributed by atoms with E-state index in [9.17, 15) is 9.59 Å². The van der Waals surface area contributed by atoms with E-state index in [1.54, 1.807) is 0 Å². The molecular weight excluding hydrogens is 528 g/mol. The molecule has 1 aromatic rings. The van der Waals surface area contributed by atoms with Crippen LogP contribution in [-0.2, 0) is 29.1 Å². The molecule has 0 aliphatic carbocycles. The van der Waals surface area contributed by atoms with Crippen LogP contribution in [0.4, 0.5) is 0 Å². The molecule has 2 unspecified atom stereocenters. The maximum atomic E-state index is 12.0. The van der Waals surface area contributed by atoms with E-state index in [0.717, 1.165) is 49.7 Å². The highest BCUT2D eigenvalue weighted by molar-refractivity contribution is 5.68. The fraction of sp³-hybridized carbons (Fsp3) is 0.778. The Bertz CT molecular complexity index is 778. The van der Waals surface area contributed by atoms with Crippen LogP contribution in [0.15, 0.2) is 24.3 Å². The van der Waals surface area contributed by atoms with Gasteiger partial charge in [-0.3, -0.25) is 9.78 Å². The lowest BCUT2D eigenvalue weighted by Crippen LogP contribution is -2.11. The third-order valence-corrected chi connectivity index (χ3v) is 7.63. The van der Waals surface area contributed by atoms with E-state index in [4.69, 9.17) is 19.6 Å². The highest BCUT2D eigenvalue weighted by atomic mass is 17.2. The van der Waals surface area contributed by atoms with Gasteiger partial charge < -0.3 is 0 Å². The molecule has 0 heterocycles. The highest BCUT2D eigenvalue weighted by Gasteiger charge is 2.13. The van der Waals surface area contributed by atoms with Gasteiger partial charge >= 0.3 is 11.9 Å². The first-order chi connectivity index (χ1) is 19.8. The minimum atomic E-state index is -0.298. The Morgan fingerprint density at radius 1 is 0.548 bits per heavy atom. The van der Waals surface area contributed by atoms with Crippen molar-refractivity contribution in [3.05, 3.63) is 35.4 Å². The fourth-order valence-electron chi connectivity index (χ4n) is 4.74. The lowest BCUT2D eigenvalue weighted by molar-refractivity contribution is -0.274. The van der Waals surface area contributed by atoms with E-state index in [1.165, 1.54) is 38.5 Å². The van der Waals surface area contributed by atoms with E-state index in [0.29, 0.717) is 36.9 Å². The molecule has 42 heavy (non-hydrogen) atoms. The van der Waals surface area contributed by atoms with Gasteiger partial charge in [0, 0.05) is 24.7 Å². The van der Waals surface area contributed by atoms with Gasteiger partial charge in [-0.1, -0.05) is 131 Å². The molecule has 1 aromatic carbocycles. The maximum Gasteiger partial charge on any atom is 0.342 e.